The number of amides is 1. The summed E-state index contributed by atoms with van der Waals surface area (Å²) in [5, 5.41) is 2.70. The van der Waals surface area contributed by atoms with Crippen molar-refractivity contribution in [3.63, 3.8) is 0 Å². The Balaban J connectivity index is 2.94. The average molecular weight is 285 g/mol. The Labute approximate surface area is 121 Å². The topological polar surface area (TPSA) is 64.6 Å². The molecule has 1 rings (SSSR count). The van der Waals surface area contributed by atoms with Crippen LogP contribution in [0.4, 0.5) is 4.79 Å². The Morgan fingerprint density at radius 1 is 1.25 bits per heavy atom. The highest BCUT2D eigenvalue weighted by Gasteiger charge is 2.44. The van der Waals surface area contributed by atoms with Gasteiger partial charge in [0.15, 0.2) is 5.78 Å². The predicted molar refractivity (Wildman–Crippen MR) is 76.6 cm³/mol. The molecular formula is C15H27NO4. The minimum Gasteiger partial charge on any atom is -0.453 e. The second kappa shape index (κ2) is 6.12. The number of rotatable bonds is 4. The predicted octanol–water partition coefficient (Wildman–Crippen LogP) is 2.67. The first-order chi connectivity index (χ1) is 9.10. The lowest BCUT2D eigenvalue weighted by molar-refractivity contribution is -0.176. The molecule has 1 saturated heterocycles. The van der Waals surface area contributed by atoms with Gasteiger partial charge in [-0.05, 0) is 46.5 Å². The fraction of sp³-hybridized carbons (Fsp3) is 0.867. The van der Waals surface area contributed by atoms with Crippen molar-refractivity contribution in [1.82, 2.24) is 5.32 Å². The summed E-state index contributed by atoms with van der Waals surface area (Å²) in [5.41, 5.74) is -0.618. The van der Waals surface area contributed by atoms with Crippen LogP contribution in [0.5, 0.6) is 0 Å². The molecule has 1 N–H and O–H groups in total. The molecule has 0 saturated carbocycles. The Hall–Kier alpha value is -1.10. The summed E-state index contributed by atoms with van der Waals surface area (Å²) < 4.78 is 10.7. The smallest absolute Gasteiger partial charge is 0.407 e. The molecule has 1 unspecified atom stereocenters. The number of carbonyl (C=O) groups excluding carboxylic acids is 2. The number of Topliss-reactive ketones (excluding diaryl/α,β-unsaturated/α-hetero) is 1. The molecule has 0 aromatic carbocycles. The fourth-order valence-corrected chi connectivity index (χ4v) is 3.27. The molecule has 1 fully saturated rings. The van der Waals surface area contributed by atoms with E-state index in [-0.39, 0.29) is 22.9 Å². The van der Waals surface area contributed by atoms with Crippen LogP contribution in [0.3, 0.4) is 0 Å². The summed E-state index contributed by atoms with van der Waals surface area (Å²) in [6.45, 7) is 9.89. The van der Waals surface area contributed by atoms with Crippen molar-refractivity contribution < 1.29 is 19.1 Å². The Morgan fingerprint density at radius 3 is 2.15 bits per heavy atom. The number of methoxy groups -OCH3 is 1. The molecule has 5 heteroatoms. The quantitative estimate of drug-likeness (QED) is 0.862. The van der Waals surface area contributed by atoms with Gasteiger partial charge in [0, 0.05) is 6.42 Å². The molecule has 0 radical (unpaired) electrons. The zero-order valence-corrected chi connectivity index (χ0v) is 13.4. The number of ether oxygens (including phenoxy) is 2. The van der Waals surface area contributed by atoms with E-state index in [1.165, 1.54) is 7.11 Å². The van der Waals surface area contributed by atoms with Crippen LogP contribution in [0.2, 0.25) is 0 Å². The van der Waals surface area contributed by atoms with Crippen LogP contribution >= 0.6 is 0 Å². The highest BCUT2D eigenvalue weighted by molar-refractivity contribution is 5.87. The van der Waals surface area contributed by atoms with Crippen LogP contribution in [0.25, 0.3) is 0 Å². The van der Waals surface area contributed by atoms with Gasteiger partial charge in [-0.25, -0.2) is 4.79 Å². The first kappa shape index (κ1) is 17.0. The number of ketones is 1. The van der Waals surface area contributed by atoms with Crippen LogP contribution in [-0.2, 0) is 14.3 Å². The third kappa shape index (κ3) is 4.47. The second-order valence-corrected chi connectivity index (χ2v) is 6.72. The van der Waals surface area contributed by atoms with Gasteiger partial charge >= 0.3 is 6.09 Å². The summed E-state index contributed by atoms with van der Waals surface area (Å²) in [5.74, 6) is 0.0919. The number of hydrogen-bond acceptors (Lipinski definition) is 4. The van der Waals surface area contributed by atoms with Gasteiger partial charge in [0.1, 0.15) is 0 Å². The lowest BCUT2D eigenvalue weighted by Gasteiger charge is -2.47. The van der Waals surface area contributed by atoms with E-state index < -0.39 is 12.1 Å². The van der Waals surface area contributed by atoms with Crippen molar-refractivity contribution >= 4 is 11.9 Å². The molecular weight excluding hydrogens is 258 g/mol. The van der Waals surface area contributed by atoms with Crippen molar-refractivity contribution in [2.24, 2.45) is 5.92 Å². The van der Waals surface area contributed by atoms with Crippen molar-refractivity contribution in [3.05, 3.63) is 0 Å². The van der Waals surface area contributed by atoms with Crippen LogP contribution < -0.4 is 5.32 Å². The maximum atomic E-state index is 12.2. The highest BCUT2D eigenvalue weighted by Crippen LogP contribution is 2.40. The first-order valence-electron chi connectivity index (χ1n) is 7.17. The maximum Gasteiger partial charge on any atom is 0.407 e. The van der Waals surface area contributed by atoms with Crippen LogP contribution in [0.15, 0.2) is 0 Å². The van der Waals surface area contributed by atoms with Crippen LogP contribution in [-0.4, -0.2) is 36.2 Å². The van der Waals surface area contributed by atoms with Gasteiger partial charge in [-0.2, -0.15) is 0 Å². The monoisotopic (exact) mass is 285 g/mol. The van der Waals surface area contributed by atoms with Gasteiger partial charge in [0.05, 0.1) is 24.4 Å². The minimum absolute atomic E-state index is 0.0360. The Kier molecular flexibility index (Phi) is 5.19. The van der Waals surface area contributed by atoms with Gasteiger partial charge in [-0.3, -0.25) is 4.79 Å². The van der Waals surface area contributed by atoms with Gasteiger partial charge < -0.3 is 14.8 Å². The van der Waals surface area contributed by atoms with Gasteiger partial charge in [-0.1, -0.05) is 6.92 Å². The molecule has 0 aromatic rings. The molecule has 20 heavy (non-hydrogen) atoms. The van der Waals surface area contributed by atoms with Crippen LogP contribution in [0, 0.1) is 5.92 Å². The standard InChI is InChI=1S/C15H27NO4/c1-7-11(17)12(16-13(18)19-6)10-8-14(2,3)20-15(4,5)9-10/h10,12H,7-9H2,1-6H3,(H,16,18). The summed E-state index contributed by atoms with van der Waals surface area (Å²) in [6.07, 6.45) is 1.31. The third-order valence-electron chi connectivity index (χ3n) is 3.69. The van der Waals surface area contributed by atoms with E-state index in [0.717, 1.165) is 12.8 Å². The zero-order valence-electron chi connectivity index (χ0n) is 13.4. The van der Waals surface area contributed by atoms with Crippen molar-refractivity contribution in [2.45, 2.75) is 71.1 Å². The SMILES string of the molecule is CCC(=O)C(NC(=O)OC)C1CC(C)(C)OC(C)(C)C1. The number of alkyl carbamates (subject to hydrolysis) is 1. The molecule has 1 aliphatic heterocycles. The molecule has 1 aliphatic rings. The van der Waals surface area contributed by atoms with E-state index in [1.807, 2.05) is 34.6 Å². The zero-order chi connectivity index (χ0) is 15.6. The first-order valence-corrected chi connectivity index (χ1v) is 7.17. The molecule has 1 heterocycles. The molecule has 0 aromatic heterocycles. The third-order valence-corrected chi connectivity index (χ3v) is 3.69. The summed E-state index contributed by atoms with van der Waals surface area (Å²) in [6, 6.07) is -0.505. The number of hydrogen-bond donors (Lipinski definition) is 1. The van der Waals surface area contributed by atoms with Crippen molar-refractivity contribution in [3.8, 4) is 0 Å². The molecule has 116 valence electrons. The Bertz CT molecular complexity index is 360. The van der Waals surface area contributed by atoms with E-state index in [4.69, 9.17) is 4.74 Å². The lowest BCUT2D eigenvalue weighted by Crippen LogP contribution is -2.54. The minimum atomic E-state index is -0.557. The second-order valence-electron chi connectivity index (χ2n) is 6.72. The summed E-state index contributed by atoms with van der Waals surface area (Å²) >= 11 is 0. The summed E-state index contributed by atoms with van der Waals surface area (Å²) in [4.78, 5) is 23.7. The molecule has 0 bridgehead atoms. The van der Waals surface area contributed by atoms with E-state index in [2.05, 4.69) is 10.1 Å². The molecule has 0 aliphatic carbocycles. The normalized spacial score (nSPS) is 22.9. The van der Waals surface area contributed by atoms with E-state index in [1.54, 1.807) is 0 Å². The number of nitrogens with one attached hydrogen (secondary N) is 1. The molecule has 5 nitrogen and oxygen atoms in total. The fourth-order valence-electron chi connectivity index (χ4n) is 3.27. The maximum absolute atomic E-state index is 12.2. The van der Waals surface area contributed by atoms with Crippen molar-refractivity contribution in [2.75, 3.05) is 7.11 Å². The molecule has 0 spiro atoms. The largest absolute Gasteiger partial charge is 0.453 e. The van der Waals surface area contributed by atoms with Gasteiger partial charge in [0.2, 0.25) is 0 Å². The lowest BCUT2D eigenvalue weighted by atomic mass is 9.76. The molecule has 1 atom stereocenters. The van der Waals surface area contributed by atoms with E-state index in [9.17, 15) is 9.59 Å². The van der Waals surface area contributed by atoms with Crippen LogP contribution in [0.1, 0.15) is 53.9 Å². The van der Waals surface area contributed by atoms with Gasteiger partial charge in [-0.15, -0.1) is 0 Å². The molecule has 1 amide bonds. The average Bonchev–Trinajstić information content (AvgIpc) is 2.30. The van der Waals surface area contributed by atoms with Crippen molar-refractivity contribution in [1.29, 1.82) is 0 Å². The summed E-state index contributed by atoms with van der Waals surface area (Å²) in [7, 11) is 1.31. The highest BCUT2D eigenvalue weighted by atomic mass is 16.5. The van der Waals surface area contributed by atoms with E-state index in [0.29, 0.717) is 6.42 Å². The Morgan fingerprint density at radius 2 is 1.75 bits per heavy atom. The number of carbonyl (C=O) groups is 2. The van der Waals surface area contributed by atoms with E-state index >= 15 is 0 Å². The van der Waals surface area contributed by atoms with Gasteiger partial charge in [0.25, 0.3) is 0 Å².